The van der Waals surface area contributed by atoms with Gasteiger partial charge in [-0.1, -0.05) is 13.0 Å². The standard InChI is InChI=1S/C11H13NO3S/c1-2-8(9-4-3-7-16-9)12-10(13)5-6-11(14)15/h3-8H,2H2,1H3,(H,12,13)(H,14,15)/b6-5+. The quantitative estimate of drug-likeness (QED) is 0.772. The van der Waals surface area contributed by atoms with Crippen LogP contribution in [0.2, 0.25) is 0 Å². The molecular weight excluding hydrogens is 226 g/mol. The predicted octanol–water partition coefficient (Wildman–Crippen LogP) is 1.96. The van der Waals surface area contributed by atoms with E-state index >= 15 is 0 Å². The van der Waals surface area contributed by atoms with Crippen molar-refractivity contribution in [1.82, 2.24) is 5.32 Å². The Kier molecular flexibility index (Phi) is 4.72. The van der Waals surface area contributed by atoms with Crippen molar-refractivity contribution >= 4 is 23.2 Å². The monoisotopic (exact) mass is 239 g/mol. The molecule has 5 heteroatoms. The highest BCUT2D eigenvalue weighted by atomic mass is 32.1. The molecule has 0 aromatic carbocycles. The molecule has 86 valence electrons. The molecule has 1 aromatic rings. The molecule has 0 radical (unpaired) electrons. The minimum atomic E-state index is -1.13. The maximum absolute atomic E-state index is 11.4. The predicted molar refractivity (Wildman–Crippen MR) is 62.3 cm³/mol. The molecule has 2 N–H and O–H groups in total. The summed E-state index contributed by atoms with van der Waals surface area (Å²) in [5.41, 5.74) is 0. The van der Waals surface area contributed by atoms with Gasteiger partial charge in [-0.3, -0.25) is 4.79 Å². The first-order chi connectivity index (χ1) is 7.63. The Labute approximate surface area is 97.6 Å². The maximum atomic E-state index is 11.4. The maximum Gasteiger partial charge on any atom is 0.328 e. The number of thiophene rings is 1. The van der Waals surface area contributed by atoms with Gasteiger partial charge < -0.3 is 10.4 Å². The minimum Gasteiger partial charge on any atom is -0.478 e. The van der Waals surface area contributed by atoms with E-state index in [0.717, 1.165) is 23.5 Å². The van der Waals surface area contributed by atoms with Crippen molar-refractivity contribution in [2.75, 3.05) is 0 Å². The van der Waals surface area contributed by atoms with E-state index in [2.05, 4.69) is 5.32 Å². The largest absolute Gasteiger partial charge is 0.478 e. The number of carboxylic acids is 1. The van der Waals surface area contributed by atoms with Crippen LogP contribution >= 0.6 is 11.3 Å². The van der Waals surface area contributed by atoms with Crippen LogP contribution in [0.5, 0.6) is 0 Å². The van der Waals surface area contributed by atoms with E-state index in [1.165, 1.54) is 0 Å². The van der Waals surface area contributed by atoms with Crippen LogP contribution in [-0.2, 0) is 9.59 Å². The zero-order valence-corrected chi connectivity index (χ0v) is 9.66. The van der Waals surface area contributed by atoms with Crippen molar-refractivity contribution in [2.45, 2.75) is 19.4 Å². The fourth-order valence-electron chi connectivity index (χ4n) is 1.23. The van der Waals surface area contributed by atoms with E-state index < -0.39 is 5.97 Å². The third kappa shape index (κ3) is 3.86. The van der Waals surface area contributed by atoms with Crippen molar-refractivity contribution < 1.29 is 14.7 Å². The van der Waals surface area contributed by atoms with Crippen LogP contribution in [0.1, 0.15) is 24.3 Å². The first kappa shape index (κ1) is 12.4. The van der Waals surface area contributed by atoms with E-state index in [1.807, 2.05) is 24.4 Å². The van der Waals surface area contributed by atoms with Crippen LogP contribution in [0, 0.1) is 0 Å². The number of nitrogens with one attached hydrogen (secondary N) is 1. The molecule has 4 nitrogen and oxygen atoms in total. The van der Waals surface area contributed by atoms with Crippen LogP contribution in [0.3, 0.4) is 0 Å². The van der Waals surface area contributed by atoms with Crippen LogP contribution in [-0.4, -0.2) is 17.0 Å². The summed E-state index contributed by atoms with van der Waals surface area (Å²) < 4.78 is 0. The van der Waals surface area contributed by atoms with Gasteiger partial charge in [0.25, 0.3) is 0 Å². The van der Waals surface area contributed by atoms with Gasteiger partial charge in [0, 0.05) is 17.0 Å². The number of hydrogen-bond donors (Lipinski definition) is 2. The Bertz CT molecular complexity index is 384. The number of rotatable bonds is 5. The molecule has 0 aliphatic rings. The number of carbonyl (C=O) groups is 2. The van der Waals surface area contributed by atoms with E-state index in [0.29, 0.717) is 0 Å². The molecule has 1 aromatic heterocycles. The summed E-state index contributed by atoms with van der Waals surface area (Å²) in [7, 11) is 0. The highest BCUT2D eigenvalue weighted by Gasteiger charge is 2.11. The first-order valence-electron chi connectivity index (χ1n) is 4.88. The van der Waals surface area contributed by atoms with Gasteiger partial charge in [-0.05, 0) is 17.9 Å². The fraction of sp³-hybridized carbons (Fsp3) is 0.273. The zero-order valence-electron chi connectivity index (χ0n) is 8.84. The molecule has 16 heavy (non-hydrogen) atoms. The SMILES string of the molecule is CCC(NC(=O)/C=C/C(=O)O)c1cccs1. The highest BCUT2D eigenvalue weighted by Crippen LogP contribution is 2.21. The summed E-state index contributed by atoms with van der Waals surface area (Å²) in [6.45, 7) is 1.96. The van der Waals surface area contributed by atoms with Crippen LogP contribution < -0.4 is 5.32 Å². The normalized spacial score (nSPS) is 12.6. The Balaban J connectivity index is 2.58. The second-order valence-corrected chi connectivity index (χ2v) is 4.14. The van der Waals surface area contributed by atoms with Gasteiger partial charge in [-0.25, -0.2) is 4.79 Å². The van der Waals surface area contributed by atoms with Gasteiger partial charge in [0.15, 0.2) is 0 Å². The molecule has 0 aliphatic heterocycles. The lowest BCUT2D eigenvalue weighted by Crippen LogP contribution is -2.25. The van der Waals surface area contributed by atoms with Gasteiger partial charge in [0.1, 0.15) is 0 Å². The molecule has 0 bridgehead atoms. The van der Waals surface area contributed by atoms with E-state index in [9.17, 15) is 9.59 Å². The first-order valence-corrected chi connectivity index (χ1v) is 5.76. The van der Waals surface area contributed by atoms with Gasteiger partial charge in [-0.2, -0.15) is 0 Å². The number of carbonyl (C=O) groups excluding carboxylic acids is 1. The van der Waals surface area contributed by atoms with E-state index in [1.54, 1.807) is 11.3 Å². The minimum absolute atomic E-state index is 0.0501. The van der Waals surface area contributed by atoms with E-state index in [-0.39, 0.29) is 11.9 Å². The lowest BCUT2D eigenvalue weighted by molar-refractivity contribution is -0.131. The molecule has 0 spiro atoms. The highest BCUT2D eigenvalue weighted by molar-refractivity contribution is 7.10. The van der Waals surface area contributed by atoms with E-state index in [4.69, 9.17) is 5.11 Å². The van der Waals surface area contributed by atoms with Gasteiger partial charge in [0.2, 0.25) is 5.91 Å². The zero-order chi connectivity index (χ0) is 12.0. The number of amides is 1. The summed E-state index contributed by atoms with van der Waals surface area (Å²) in [6.07, 6.45) is 2.63. The molecular formula is C11H13NO3S. The third-order valence-electron chi connectivity index (χ3n) is 1.99. The lowest BCUT2D eigenvalue weighted by Gasteiger charge is -2.13. The topological polar surface area (TPSA) is 66.4 Å². The molecule has 1 amide bonds. The van der Waals surface area contributed by atoms with Gasteiger partial charge in [0.05, 0.1) is 6.04 Å². The smallest absolute Gasteiger partial charge is 0.328 e. The van der Waals surface area contributed by atoms with Crippen molar-refractivity contribution in [3.63, 3.8) is 0 Å². The molecule has 0 aliphatic carbocycles. The summed E-state index contributed by atoms with van der Waals surface area (Å²) in [5, 5.41) is 13.1. The average Bonchev–Trinajstić information content (AvgIpc) is 2.76. The molecule has 0 fully saturated rings. The Morgan fingerprint density at radius 3 is 2.81 bits per heavy atom. The summed E-state index contributed by atoms with van der Waals surface area (Å²) in [5.74, 6) is -1.51. The van der Waals surface area contributed by atoms with Crippen molar-refractivity contribution in [1.29, 1.82) is 0 Å². The van der Waals surface area contributed by atoms with Crippen LogP contribution in [0.4, 0.5) is 0 Å². The lowest BCUT2D eigenvalue weighted by atomic mass is 10.2. The molecule has 1 unspecified atom stereocenters. The second kappa shape index (κ2) is 6.07. The van der Waals surface area contributed by atoms with Gasteiger partial charge >= 0.3 is 5.97 Å². The number of aliphatic carboxylic acids is 1. The van der Waals surface area contributed by atoms with Crippen molar-refractivity contribution in [2.24, 2.45) is 0 Å². The molecule has 1 heterocycles. The molecule has 1 rings (SSSR count). The van der Waals surface area contributed by atoms with Crippen molar-refractivity contribution in [3.05, 3.63) is 34.5 Å². The average molecular weight is 239 g/mol. The second-order valence-electron chi connectivity index (χ2n) is 3.16. The van der Waals surface area contributed by atoms with Crippen molar-refractivity contribution in [3.8, 4) is 0 Å². The Morgan fingerprint density at radius 1 is 1.56 bits per heavy atom. The van der Waals surface area contributed by atoms with Crippen LogP contribution in [0.25, 0.3) is 0 Å². The summed E-state index contributed by atoms with van der Waals surface area (Å²) >= 11 is 1.57. The summed E-state index contributed by atoms with van der Waals surface area (Å²) in [4.78, 5) is 22.6. The molecule has 0 saturated carbocycles. The number of hydrogen-bond acceptors (Lipinski definition) is 3. The Hall–Kier alpha value is -1.62. The number of carboxylic acid groups (broad SMARTS) is 1. The summed E-state index contributed by atoms with van der Waals surface area (Å²) in [6, 6.07) is 3.81. The molecule has 0 saturated heterocycles. The Morgan fingerprint density at radius 2 is 2.31 bits per heavy atom. The molecule has 1 atom stereocenters. The fourth-order valence-corrected chi connectivity index (χ4v) is 2.09. The van der Waals surface area contributed by atoms with Gasteiger partial charge in [-0.15, -0.1) is 11.3 Å². The van der Waals surface area contributed by atoms with Crippen LogP contribution in [0.15, 0.2) is 29.7 Å². The third-order valence-corrected chi connectivity index (χ3v) is 2.97.